The average Bonchev–Trinajstić information content (AvgIpc) is 2.60. The Morgan fingerprint density at radius 1 is 1.50 bits per heavy atom. The molecule has 2 aliphatic carbocycles. The van der Waals surface area contributed by atoms with Crippen molar-refractivity contribution in [2.75, 3.05) is 7.05 Å². The van der Waals surface area contributed by atoms with Gasteiger partial charge in [0.2, 0.25) is 5.91 Å². The van der Waals surface area contributed by atoms with Gasteiger partial charge in [0.25, 0.3) is 0 Å². The first-order chi connectivity index (χ1) is 5.72. The first-order valence-electron chi connectivity index (χ1n) is 4.46. The summed E-state index contributed by atoms with van der Waals surface area (Å²) in [5, 5.41) is 2.62. The largest absolute Gasteiger partial charge is 0.359 e. The first kappa shape index (κ1) is 7.77. The molecule has 2 saturated carbocycles. The molecule has 2 rings (SSSR count). The van der Waals surface area contributed by atoms with E-state index in [1.807, 2.05) is 0 Å². The van der Waals surface area contributed by atoms with Gasteiger partial charge in [0.1, 0.15) is 5.78 Å². The molecule has 2 aliphatic rings. The van der Waals surface area contributed by atoms with E-state index in [1.165, 1.54) is 0 Å². The number of Topliss-reactive ketones (excluding diaryl/α,β-unsaturated/α-hetero) is 1. The molecular formula is C9H13NO2. The van der Waals surface area contributed by atoms with Crippen molar-refractivity contribution in [3.8, 4) is 0 Å². The SMILES string of the molecule is CNC(=O)[C@H]1C[C@H]2CC(=O)[C@H]1C2. The highest BCUT2D eigenvalue weighted by atomic mass is 16.2. The van der Waals surface area contributed by atoms with Crippen LogP contribution in [0.25, 0.3) is 0 Å². The highest BCUT2D eigenvalue weighted by Crippen LogP contribution is 2.46. The Morgan fingerprint density at radius 3 is 2.75 bits per heavy atom. The molecule has 0 unspecified atom stereocenters. The molecule has 0 aromatic carbocycles. The summed E-state index contributed by atoms with van der Waals surface area (Å²) in [6.45, 7) is 0. The number of rotatable bonds is 1. The second-order valence-electron chi connectivity index (χ2n) is 3.84. The Morgan fingerprint density at radius 2 is 2.25 bits per heavy atom. The molecule has 0 heterocycles. The van der Waals surface area contributed by atoms with Gasteiger partial charge in [-0.2, -0.15) is 0 Å². The molecule has 0 saturated heterocycles. The maximum atomic E-state index is 11.3. The number of fused-ring (bicyclic) bond motifs is 2. The van der Waals surface area contributed by atoms with Crippen LogP contribution in [-0.4, -0.2) is 18.7 Å². The van der Waals surface area contributed by atoms with Gasteiger partial charge in [-0.3, -0.25) is 9.59 Å². The number of hydrogen-bond donors (Lipinski definition) is 1. The molecule has 1 N–H and O–H groups in total. The van der Waals surface area contributed by atoms with Crippen LogP contribution in [0.15, 0.2) is 0 Å². The van der Waals surface area contributed by atoms with Crippen LogP contribution in [0, 0.1) is 17.8 Å². The van der Waals surface area contributed by atoms with Crippen LogP contribution in [0.1, 0.15) is 19.3 Å². The van der Waals surface area contributed by atoms with E-state index in [-0.39, 0.29) is 17.7 Å². The minimum absolute atomic E-state index is 0.0127. The van der Waals surface area contributed by atoms with Gasteiger partial charge in [-0.25, -0.2) is 0 Å². The maximum Gasteiger partial charge on any atom is 0.223 e. The van der Waals surface area contributed by atoms with Crippen molar-refractivity contribution in [2.24, 2.45) is 17.8 Å². The normalized spacial score (nSPS) is 38.8. The van der Waals surface area contributed by atoms with Gasteiger partial charge >= 0.3 is 0 Å². The quantitative estimate of drug-likeness (QED) is 0.612. The zero-order chi connectivity index (χ0) is 8.72. The average molecular weight is 167 g/mol. The molecule has 12 heavy (non-hydrogen) atoms. The molecule has 3 nitrogen and oxygen atoms in total. The van der Waals surface area contributed by atoms with Gasteiger partial charge < -0.3 is 5.32 Å². The highest BCUT2D eigenvalue weighted by molar-refractivity contribution is 5.91. The summed E-state index contributed by atoms with van der Waals surface area (Å²) in [5.74, 6) is 0.899. The lowest BCUT2D eigenvalue weighted by molar-refractivity contribution is -0.132. The van der Waals surface area contributed by atoms with Crippen molar-refractivity contribution in [3.63, 3.8) is 0 Å². The molecular weight excluding hydrogens is 154 g/mol. The highest BCUT2D eigenvalue weighted by Gasteiger charge is 2.48. The van der Waals surface area contributed by atoms with Crippen molar-refractivity contribution in [3.05, 3.63) is 0 Å². The zero-order valence-corrected chi connectivity index (χ0v) is 7.17. The minimum atomic E-state index is -0.0127. The lowest BCUT2D eigenvalue weighted by atomic mass is 9.87. The fraction of sp³-hybridized carbons (Fsp3) is 0.778. The van der Waals surface area contributed by atoms with Crippen molar-refractivity contribution < 1.29 is 9.59 Å². The summed E-state index contributed by atoms with van der Waals surface area (Å²) in [5.41, 5.74) is 0. The van der Waals surface area contributed by atoms with E-state index in [0.717, 1.165) is 19.3 Å². The molecule has 3 atom stereocenters. The fourth-order valence-electron chi connectivity index (χ4n) is 2.58. The first-order valence-corrected chi connectivity index (χ1v) is 4.46. The van der Waals surface area contributed by atoms with Gasteiger partial charge in [-0.1, -0.05) is 0 Å². The third kappa shape index (κ3) is 0.958. The van der Waals surface area contributed by atoms with Gasteiger partial charge in [0, 0.05) is 25.3 Å². The Balaban J connectivity index is 2.12. The summed E-state index contributed by atoms with van der Waals surface area (Å²) in [6, 6.07) is 0. The van der Waals surface area contributed by atoms with Crippen LogP contribution >= 0.6 is 0 Å². The maximum absolute atomic E-state index is 11.3. The molecule has 1 amide bonds. The number of hydrogen-bond acceptors (Lipinski definition) is 2. The van der Waals surface area contributed by atoms with Crippen molar-refractivity contribution >= 4 is 11.7 Å². The molecule has 3 heteroatoms. The summed E-state index contributed by atoms with van der Waals surface area (Å²) in [7, 11) is 1.64. The lowest BCUT2D eigenvalue weighted by Crippen LogP contribution is -2.34. The Hall–Kier alpha value is -0.860. The molecule has 2 bridgehead atoms. The van der Waals surface area contributed by atoms with E-state index >= 15 is 0 Å². The molecule has 66 valence electrons. The topological polar surface area (TPSA) is 46.2 Å². The molecule has 0 aromatic rings. The third-order valence-corrected chi connectivity index (χ3v) is 3.15. The molecule has 0 spiro atoms. The second-order valence-corrected chi connectivity index (χ2v) is 3.84. The second kappa shape index (κ2) is 2.57. The van der Waals surface area contributed by atoms with E-state index in [9.17, 15) is 9.59 Å². The van der Waals surface area contributed by atoms with Crippen molar-refractivity contribution in [2.45, 2.75) is 19.3 Å². The van der Waals surface area contributed by atoms with Gasteiger partial charge in [-0.15, -0.1) is 0 Å². The summed E-state index contributed by atoms with van der Waals surface area (Å²) < 4.78 is 0. The number of ketones is 1. The predicted octanol–water partition coefficient (Wildman–Crippen LogP) is 0.348. The molecule has 0 aliphatic heterocycles. The van der Waals surface area contributed by atoms with E-state index in [1.54, 1.807) is 7.05 Å². The van der Waals surface area contributed by atoms with Gasteiger partial charge in [-0.05, 0) is 18.8 Å². The Bertz CT molecular complexity index is 237. The summed E-state index contributed by atoms with van der Waals surface area (Å²) in [4.78, 5) is 22.6. The van der Waals surface area contributed by atoms with Crippen LogP contribution in [0.5, 0.6) is 0 Å². The summed E-state index contributed by atoms with van der Waals surface area (Å²) >= 11 is 0. The number of amides is 1. The van der Waals surface area contributed by atoms with Gasteiger partial charge in [0.05, 0.1) is 0 Å². The van der Waals surface area contributed by atoms with E-state index in [4.69, 9.17) is 0 Å². The number of carbonyl (C=O) groups excluding carboxylic acids is 2. The van der Waals surface area contributed by atoms with Crippen LogP contribution in [0.4, 0.5) is 0 Å². The smallest absolute Gasteiger partial charge is 0.223 e. The van der Waals surface area contributed by atoms with Crippen LogP contribution < -0.4 is 5.32 Å². The minimum Gasteiger partial charge on any atom is -0.359 e. The summed E-state index contributed by atoms with van der Waals surface area (Å²) in [6.07, 6.45) is 2.60. The number of nitrogens with one attached hydrogen (secondary N) is 1. The van der Waals surface area contributed by atoms with Crippen LogP contribution in [0.3, 0.4) is 0 Å². The van der Waals surface area contributed by atoms with Gasteiger partial charge in [0.15, 0.2) is 0 Å². The predicted molar refractivity (Wildman–Crippen MR) is 43.4 cm³/mol. The number of carbonyl (C=O) groups is 2. The lowest BCUT2D eigenvalue weighted by Gasteiger charge is -2.18. The molecule has 2 fully saturated rings. The van der Waals surface area contributed by atoms with E-state index in [2.05, 4.69) is 5.32 Å². The molecule has 0 radical (unpaired) electrons. The van der Waals surface area contributed by atoms with E-state index in [0.29, 0.717) is 11.7 Å². The Kier molecular flexibility index (Phi) is 1.67. The van der Waals surface area contributed by atoms with Crippen LogP contribution in [0.2, 0.25) is 0 Å². The monoisotopic (exact) mass is 167 g/mol. The molecule has 0 aromatic heterocycles. The van der Waals surface area contributed by atoms with Crippen molar-refractivity contribution in [1.29, 1.82) is 0 Å². The fourth-order valence-corrected chi connectivity index (χ4v) is 2.58. The van der Waals surface area contributed by atoms with Crippen molar-refractivity contribution in [1.82, 2.24) is 5.32 Å². The zero-order valence-electron chi connectivity index (χ0n) is 7.17. The Labute approximate surface area is 71.5 Å². The van der Waals surface area contributed by atoms with E-state index < -0.39 is 0 Å². The van der Waals surface area contributed by atoms with Crippen LogP contribution in [-0.2, 0) is 9.59 Å². The standard InChI is InChI=1S/C9H13NO2/c1-10-9(12)7-3-5-2-6(7)8(11)4-5/h5-7H,2-4H2,1H3,(H,10,12)/t5-,6-,7-/m0/s1. The third-order valence-electron chi connectivity index (χ3n) is 3.15.